The summed E-state index contributed by atoms with van der Waals surface area (Å²) in [7, 11) is 4.15. The lowest BCUT2D eigenvalue weighted by molar-refractivity contribution is 0.335. The summed E-state index contributed by atoms with van der Waals surface area (Å²) in [5, 5.41) is 0. The highest BCUT2D eigenvalue weighted by Gasteiger charge is 1.96. The third kappa shape index (κ3) is 29.6. The Balaban J connectivity index is -0.000000348. The summed E-state index contributed by atoms with van der Waals surface area (Å²) in [6, 6.07) is 1.77. The van der Waals surface area contributed by atoms with Gasteiger partial charge in [-0.15, -0.1) is 0 Å². The van der Waals surface area contributed by atoms with E-state index >= 15 is 0 Å². The first-order valence-corrected chi connectivity index (χ1v) is 11.6. The maximum absolute atomic E-state index is 5.11. The number of hydrogen-bond acceptors (Lipinski definition) is 5. The molecule has 0 aliphatic carbocycles. The van der Waals surface area contributed by atoms with E-state index in [-0.39, 0.29) is 12.0 Å². The van der Waals surface area contributed by atoms with E-state index < -0.39 is 0 Å². The van der Waals surface area contributed by atoms with Crippen LogP contribution in [-0.4, -0.2) is 62.6 Å². The molecule has 33 heavy (non-hydrogen) atoms. The lowest BCUT2D eigenvalue weighted by Crippen LogP contribution is -2.24. The van der Waals surface area contributed by atoms with Gasteiger partial charge in [-0.05, 0) is 67.6 Å². The lowest BCUT2D eigenvalue weighted by atomic mass is 10.2. The van der Waals surface area contributed by atoms with Crippen LogP contribution < -0.4 is 17.2 Å². The molecule has 0 spiro atoms. The Morgan fingerprint density at radius 2 is 1.45 bits per heavy atom. The molecule has 7 N–H and O–H groups in total. The Morgan fingerprint density at radius 3 is 1.58 bits per heavy atom. The average Bonchev–Trinajstić information content (AvgIpc) is 3.36. The monoisotopic (exact) mass is 467 g/mol. The average molecular weight is 468 g/mol. The fraction of sp³-hybridized carbons (Fsp3) is 0.708. The fourth-order valence-electron chi connectivity index (χ4n) is 1.46. The topological polar surface area (TPSA) is 140 Å². The van der Waals surface area contributed by atoms with E-state index in [0.29, 0.717) is 24.0 Å². The van der Waals surface area contributed by atoms with E-state index in [9.17, 15) is 0 Å². The Kier molecular flexibility index (Phi) is 22.9. The van der Waals surface area contributed by atoms with Gasteiger partial charge in [0.1, 0.15) is 0 Å². The minimum absolute atomic E-state index is 0.162. The molecule has 0 bridgehead atoms. The van der Waals surface area contributed by atoms with E-state index in [4.69, 9.17) is 17.2 Å². The highest BCUT2D eigenvalue weighted by Crippen LogP contribution is 2.07. The van der Waals surface area contributed by atoms with Crippen molar-refractivity contribution in [3.05, 3.63) is 36.9 Å². The molecule has 0 saturated heterocycles. The maximum atomic E-state index is 5.11. The molecule has 194 valence electrons. The first-order chi connectivity index (χ1) is 15.1. The van der Waals surface area contributed by atoms with Crippen molar-refractivity contribution in [3.63, 3.8) is 0 Å². The molecule has 0 saturated carbocycles. The van der Waals surface area contributed by atoms with Crippen molar-refractivity contribution in [3.8, 4) is 0 Å². The van der Waals surface area contributed by atoms with Crippen LogP contribution in [0, 0.1) is 0 Å². The molecule has 0 unspecified atom stereocenters. The number of nitrogens with one attached hydrogen (secondary N) is 1. The van der Waals surface area contributed by atoms with Crippen molar-refractivity contribution >= 4 is 5.96 Å². The summed E-state index contributed by atoms with van der Waals surface area (Å²) in [6.07, 6.45) is 9.13. The second-order valence-electron chi connectivity index (χ2n) is 9.21. The minimum Gasteiger partial charge on any atom is -0.370 e. The first kappa shape index (κ1) is 35.2. The van der Waals surface area contributed by atoms with Crippen LogP contribution in [0.5, 0.6) is 0 Å². The SMILES string of the molecule is CC(C)N.CC(C)N(C)C.CC(C)N=C(N)N.CC(C)c1cnc[nH]1.CC(C)n1ccnc1. The zero-order valence-corrected chi connectivity index (χ0v) is 23.2. The molecule has 0 fully saturated rings. The summed E-state index contributed by atoms with van der Waals surface area (Å²) >= 11 is 0. The third-order valence-corrected chi connectivity index (χ3v) is 3.70. The van der Waals surface area contributed by atoms with Crippen LogP contribution >= 0.6 is 0 Å². The number of aromatic nitrogens is 4. The number of hydrogen-bond donors (Lipinski definition) is 4. The number of imidazole rings is 2. The number of nitrogens with two attached hydrogens (primary N) is 3. The van der Waals surface area contributed by atoms with Gasteiger partial charge in [0, 0.05) is 42.4 Å². The minimum atomic E-state index is 0.162. The van der Waals surface area contributed by atoms with Gasteiger partial charge in [-0.2, -0.15) is 0 Å². The molecule has 2 rings (SSSR count). The van der Waals surface area contributed by atoms with E-state index in [1.54, 1.807) is 12.5 Å². The number of aromatic amines is 1. The predicted octanol–water partition coefficient (Wildman–Crippen LogP) is 3.98. The van der Waals surface area contributed by atoms with Gasteiger partial charge in [0.15, 0.2) is 5.96 Å². The second kappa shape index (κ2) is 21.5. The standard InChI is InChI=1S/2C6H10N2.C5H13N.C4H11N3.C3H9N/c1-5(2)6-3-7-4-8-6;1-6(2)8-4-3-7-5-8;1-5(2)6(3)4;1-3(2)7-4(5)6;1-3(2)4/h3-5H,1-2H3,(H,7,8);3-6H,1-2H3;5H,1-4H3;3H,1-2H3,(H4,5,6,7);3H,4H2,1-2H3. The Bertz CT molecular complexity index is 591. The zero-order chi connectivity index (χ0) is 26.6. The van der Waals surface area contributed by atoms with E-state index in [1.165, 1.54) is 5.69 Å². The Labute approximate surface area is 203 Å². The van der Waals surface area contributed by atoms with Crippen LogP contribution in [-0.2, 0) is 0 Å². The second-order valence-corrected chi connectivity index (χ2v) is 9.21. The molecule has 2 aromatic rings. The van der Waals surface area contributed by atoms with Gasteiger partial charge in [-0.1, -0.05) is 27.7 Å². The van der Waals surface area contributed by atoms with Crippen LogP contribution in [0.25, 0.3) is 0 Å². The van der Waals surface area contributed by atoms with Crippen LogP contribution in [0.1, 0.15) is 86.9 Å². The highest BCUT2D eigenvalue weighted by molar-refractivity contribution is 5.75. The van der Waals surface area contributed by atoms with Gasteiger partial charge in [0.05, 0.1) is 12.7 Å². The zero-order valence-electron chi connectivity index (χ0n) is 23.2. The van der Waals surface area contributed by atoms with Gasteiger partial charge in [-0.25, -0.2) is 9.97 Å². The number of aliphatic imine (C=N–C) groups is 1. The summed E-state index contributed by atoms with van der Waals surface area (Å²) in [5.74, 6) is 0.729. The Hall–Kier alpha value is -2.39. The number of nitrogens with zero attached hydrogens (tertiary/aromatic N) is 5. The molecule has 9 nitrogen and oxygen atoms in total. The molecule has 0 radical (unpaired) electrons. The van der Waals surface area contributed by atoms with Crippen molar-refractivity contribution in [2.75, 3.05) is 14.1 Å². The van der Waals surface area contributed by atoms with E-state index in [1.807, 2.05) is 46.4 Å². The van der Waals surface area contributed by atoms with Gasteiger partial charge >= 0.3 is 0 Å². The predicted molar refractivity (Wildman–Crippen MR) is 144 cm³/mol. The largest absolute Gasteiger partial charge is 0.370 e. The third-order valence-electron chi connectivity index (χ3n) is 3.70. The molecule has 0 atom stereocenters. The normalized spacial score (nSPS) is 10.0. The summed E-state index contributed by atoms with van der Waals surface area (Å²) < 4.78 is 2.06. The molecule has 0 amide bonds. The smallest absolute Gasteiger partial charge is 0.186 e. The number of guanidine groups is 1. The highest BCUT2D eigenvalue weighted by atomic mass is 15.1. The summed E-state index contributed by atoms with van der Waals surface area (Å²) in [6.45, 7) is 20.6. The van der Waals surface area contributed by atoms with Crippen LogP contribution in [0.3, 0.4) is 0 Å². The van der Waals surface area contributed by atoms with Crippen LogP contribution in [0.2, 0.25) is 0 Å². The number of rotatable bonds is 4. The molecule has 2 aromatic heterocycles. The summed E-state index contributed by atoms with van der Waals surface area (Å²) in [4.78, 5) is 16.7. The van der Waals surface area contributed by atoms with E-state index in [0.717, 1.165) is 0 Å². The molecular weight excluding hydrogens is 414 g/mol. The van der Waals surface area contributed by atoms with Crippen molar-refractivity contribution in [2.45, 2.75) is 99.3 Å². The van der Waals surface area contributed by atoms with Gasteiger partial charge in [0.2, 0.25) is 0 Å². The van der Waals surface area contributed by atoms with Crippen molar-refractivity contribution < 1.29 is 0 Å². The maximum Gasteiger partial charge on any atom is 0.186 e. The van der Waals surface area contributed by atoms with Crippen molar-refractivity contribution in [2.24, 2.45) is 22.2 Å². The summed E-state index contributed by atoms with van der Waals surface area (Å²) in [5.41, 5.74) is 16.4. The molecule has 0 aromatic carbocycles. The Morgan fingerprint density at radius 1 is 0.970 bits per heavy atom. The van der Waals surface area contributed by atoms with Crippen molar-refractivity contribution in [1.29, 1.82) is 0 Å². The lowest BCUT2D eigenvalue weighted by Gasteiger charge is -2.12. The van der Waals surface area contributed by atoms with E-state index in [2.05, 4.69) is 85.0 Å². The van der Waals surface area contributed by atoms with Gasteiger partial charge in [0.25, 0.3) is 0 Å². The van der Waals surface area contributed by atoms with Gasteiger partial charge in [-0.3, -0.25) is 4.99 Å². The number of H-pyrrole nitrogens is 1. The molecule has 0 aliphatic heterocycles. The quantitative estimate of drug-likeness (QED) is 0.396. The first-order valence-electron chi connectivity index (χ1n) is 11.6. The molecule has 9 heteroatoms. The van der Waals surface area contributed by atoms with Crippen LogP contribution in [0.4, 0.5) is 0 Å². The molecular formula is C24H53N9. The molecule has 2 heterocycles. The molecule has 0 aliphatic rings. The fourth-order valence-corrected chi connectivity index (χ4v) is 1.46. The van der Waals surface area contributed by atoms with Crippen LogP contribution in [0.15, 0.2) is 36.2 Å². The van der Waals surface area contributed by atoms with Crippen molar-refractivity contribution in [1.82, 2.24) is 24.4 Å². The van der Waals surface area contributed by atoms with Gasteiger partial charge < -0.3 is 31.7 Å².